The molecule has 0 unspecified atom stereocenters. The van der Waals surface area contributed by atoms with Crippen LogP contribution in [0.2, 0.25) is 0 Å². The van der Waals surface area contributed by atoms with Crippen LogP contribution in [0.4, 0.5) is 0 Å². The first kappa shape index (κ1) is 14.1. The van der Waals surface area contributed by atoms with Crippen LogP contribution >= 0.6 is 22.9 Å². The van der Waals surface area contributed by atoms with Gasteiger partial charge in [0.2, 0.25) is 0 Å². The summed E-state index contributed by atoms with van der Waals surface area (Å²) in [4.78, 5) is 12.9. The first-order chi connectivity index (χ1) is 9.24. The van der Waals surface area contributed by atoms with E-state index in [-0.39, 0.29) is 5.91 Å². The SMILES string of the molecule is CCc1ccsc1C(=O)NCc1cccc(CCl)c1. The maximum absolute atomic E-state index is 12.1. The zero-order chi connectivity index (χ0) is 13.7. The maximum atomic E-state index is 12.1. The molecule has 100 valence electrons. The predicted molar refractivity (Wildman–Crippen MR) is 80.9 cm³/mol. The van der Waals surface area contributed by atoms with Gasteiger partial charge in [0.1, 0.15) is 0 Å². The molecule has 1 aromatic heterocycles. The second kappa shape index (κ2) is 6.73. The van der Waals surface area contributed by atoms with Crippen molar-refractivity contribution in [3.8, 4) is 0 Å². The highest BCUT2D eigenvalue weighted by Gasteiger charge is 2.11. The Bertz CT molecular complexity index is 565. The summed E-state index contributed by atoms with van der Waals surface area (Å²) in [7, 11) is 0. The molecule has 0 saturated heterocycles. The molecule has 1 aromatic carbocycles. The van der Waals surface area contributed by atoms with Crippen LogP contribution in [-0.4, -0.2) is 5.91 Å². The summed E-state index contributed by atoms with van der Waals surface area (Å²) in [6.07, 6.45) is 0.883. The molecule has 2 nitrogen and oxygen atoms in total. The number of aryl methyl sites for hydroxylation is 1. The lowest BCUT2D eigenvalue weighted by atomic mass is 10.1. The Morgan fingerprint density at radius 1 is 1.32 bits per heavy atom. The molecule has 19 heavy (non-hydrogen) atoms. The van der Waals surface area contributed by atoms with Crippen LogP contribution in [0.5, 0.6) is 0 Å². The number of rotatable bonds is 5. The Kier molecular flexibility index (Phi) is 5.00. The minimum atomic E-state index is 0.00289. The predicted octanol–water partition coefficient (Wildman–Crippen LogP) is 3.98. The summed E-state index contributed by atoms with van der Waals surface area (Å²) in [6, 6.07) is 9.95. The average molecular weight is 294 g/mol. The minimum Gasteiger partial charge on any atom is -0.347 e. The number of carbonyl (C=O) groups excluding carboxylic acids is 1. The molecule has 0 atom stereocenters. The van der Waals surface area contributed by atoms with E-state index in [2.05, 4.69) is 12.2 Å². The van der Waals surface area contributed by atoms with Crippen molar-refractivity contribution in [1.29, 1.82) is 0 Å². The van der Waals surface area contributed by atoms with Gasteiger partial charge in [-0.25, -0.2) is 0 Å². The third kappa shape index (κ3) is 3.58. The monoisotopic (exact) mass is 293 g/mol. The van der Waals surface area contributed by atoms with E-state index < -0.39 is 0 Å². The molecule has 0 bridgehead atoms. The van der Waals surface area contributed by atoms with Crippen LogP contribution in [0.3, 0.4) is 0 Å². The van der Waals surface area contributed by atoms with Crippen molar-refractivity contribution in [3.63, 3.8) is 0 Å². The van der Waals surface area contributed by atoms with Crippen molar-refractivity contribution in [3.05, 3.63) is 57.3 Å². The van der Waals surface area contributed by atoms with Crippen molar-refractivity contribution in [2.45, 2.75) is 25.8 Å². The fourth-order valence-corrected chi connectivity index (χ4v) is 2.98. The number of nitrogens with one attached hydrogen (secondary N) is 1. The van der Waals surface area contributed by atoms with E-state index >= 15 is 0 Å². The number of amides is 1. The highest BCUT2D eigenvalue weighted by molar-refractivity contribution is 7.12. The molecule has 0 aliphatic heterocycles. The molecule has 0 fully saturated rings. The van der Waals surface area contributed by atoms with E-state index in [9.17, 15) is 4.79 Å². The fraction of sp³-hybridized carbons (Fsp3) is 0.267. The Labute approximate surface area is 122 Å². The number of hydrogen-bond donors (Lipinski definition) is 1. The quantitative estimate of drug-likeness (QED) is 0.830. The Morgan fingerprint density at radius 2 is 2.11 bits per heavy atom. The van der Waals surface area contributed by atoms with Crippen LogP contribution in [0.1, 0.15) is 33.3 Å². The summed E-state index contributed by atoms with van der Waals surface area (Å²) in [5, 5.41) is 4.92. The zero-order valence-electron chi connectivity index (χ0n) is 10.8. The summed E-state index contributed by atoms with van der Waals surface area (Å²) >= 11 is 7.29. The summed E-state index contributed by atoms with van der Waals surface area (Å²) in [5.74, 6) is 0.496. The van der Waals surface area contributed by atoms with Gasteiger partial charge in [0.25, 0.3) is 5.91 Å². The first-order valence-electron chi connectivity index (χ1n) is 6.23. The molecule has 0 saturated carbocycles. The number of hydrogen-bond acceptors (Lipinski definition) is 2. The lowest BCUT2D eigenvalue weighted by molar-refractivity contribution is 0.0954. The molecular weight excluding hydrogens is 278 g/mol. The van der Waals surface area contributed by atoms with Crippen LogP contribution in [0.15, 0.2) is 35.7 Å². The van der Waals surface area contributed by atoms with Gasteiger partial charge in [0.15, 0.2) is 0 Å². The van der Waals surface area contributed by atoms with Crippen LogP contribution < -0.4 is 5.32 Å². The molecule has 0 aliphatic carbocycles. The Hall–Kier alpha value is -1.32. The van der Waals surface area contributed by atoms with Crippen molar-refractivity contribution in [2.75, 3.05) is 0 Å². The molecule has 1 amide bonds. The summed E-state index contributed by atoms with van der Waals surface area (Å²) in [5.41, 5.74) is 3.25. The highest BCUT2D eigenvalue weighted by Crippen LogP contribution is 2.17. The van der Waals surface area contributed by atoms with Gasteiger partial charge in [0, 0.05) is 12.4 Å². The fourth-order valence-electron chi connectivity index (χ4n) is 1.90. The summed E-state index contributed by atoms with van der Waals surface area (Å²) < 4.78 is 0. The van der Waals surface area contributed by atoms with E-state index in [0.717, 1.165) is 28.0 Å². The van der Waals surface area contributed by atoms with E-state index in [4.69, 9.17) is 11.6 Å². The largest absolute Gasteiger partial charge is 0.347 e. The van der Waals surface area contributed by atoms with Gasteiger partial charge in [-0.1, -0.05) is 31.2 Å². The molecular formula is C15H16ClNOS. The molecule has 1 N–H and O–H groups in total. The Balaban J connectivity index is 2.00. The van der Waals surface area contributed by atoms with Crippen molar-refractivity contribution >= 4 is 28.8 Å². The standard InChI is InChI=1S/C15H16ClNOS/c1-2-13-6-7-19-14(13)15(18)17-10-12-5-3-4-11(8-12)9-16/h3-8H,2,9-10H2,1H3,(H,17,18). The molecule has 0 radical (unpaired) electrons. The van der Waals surface area contributed by atoms with E-state index in [1.54, 1.807) is 0 Å². The normalized spacial score (nSPS) is 10.4. The second-order valence-electron chi connectivity index (χ2n) is 4.26. The van der Waals surface area contributed by atoms with Gasteiger partial charge in [-0.3, -0.25) is 4.79 Å². The van der Waals surface area contributed by atoms with Gasteiger partial charge < -0.3 is 5.32 Å². The van der Waals surface area contributed by atoms with Crippen molar-refractivity contribution < 1.29 is 4.79 Å². The van der Waals surface area contributed by atoms with Crippen molar-refractivity contribution in [2.24, 2.45) is 0 Å². The smallest absolute Gasteiger partial charge is 0.261 e. The van der Waals surface area contributed by atoms with Gasteiger partial charge in [0.05, 0.1) is 4.88 Å². The second-order valence-corrected chi connectivity index (χ2v) is 5.45. The lowest BCUT2D eigenvalue weighted by Crippen LogP contribution is -2.22. The third-order valence-corrected chi connectivity index (χ3v) is 4.20. The average Bonchev–Trinajstić information content (AvgIpc) is 2.93. The summed E-state index contributed by atoms with van der Waals surface area (Å²) in [6.45, 7) is 2.59. The van der Waals surface area contributed by atoms with Gasteiger partial charge in [-0.15, -0.1) is 22.9 Å². The van der Waals surface area contributed by atoms with Crippen molar-refractivity contribution in [1.82, 2.24) is 5.32 Å². The molecule has 0 spiro atoms. The number of halogens is 1. The van der Waals surface area contributed by atoms with Gasteiger partial charge >= 0.3 is 0 Å². The van der Waals surface area contributed by atoms with E-state index in [1.807, 2.05) is 35.7 Å². The lowest BCUT2D eigenvalue weighted by Gasteiger charge is -2.06. The molecule has 2 rings (SSSR count). The Morgan fingerprint density at radius 3 is 2.84 bits per heavy atom. The number of benzene rings is 1. The van der Waals surface area contributed by atoms with E-state index in [1.165, 1.54) is 11.3 Å². The molecule has 2 aromatic rings. The number of thiophene rings is 1. The molecule has 0 aliphatic rings. The molecule has 4 heteroatoms. The van der Waals surface area contributed by atoms with Crippen LogP contribution in [0, 0.1) is 0 Å². The zero-order valence-corrected chi connectivity index (χ0v) is 12.4. The van der Waals surface area contributed by atoms with Crippen LogP contribution in [0.25, 0.3) is 0 Å². The van der Waals surface area contributed by atoms with Gasteiger partial charge in [-0.05, 0) is 34.6 Å². The maximum Gasteiger partial charge on any atom is 0.261 e. The van der Waals surface area contributed by atoms with Gasteiger partial charge in [-0.2, -0.15) is 0 Å². The first-order valence-corrected chi connectivity index (χ1v) is 7.64. The highest BCUT2D eigenvalue weighted by atomic mass is 35.5. The number of carbonyl (C=O) groups is 1. The topological polar surface area (TPSA) is 29.1 Å². The van der Waals surface area contributed by atoms with Crippen LogP contribution in [-0.2, 0) is 18.8 Å². The van der Waals surface area contributed by atoms with E-state index in [0.29, 0.717) is 12.4 Å². The third-order valence-electron chi connectivity index (χ3n) is 2.93. The number of alkyl halides is 1. The minimum absolute atomic E-state index is 0.00289. The molecule has 1 heterocycles.